The van der Waals surface area contributed by atoms with Crippen molar-refractivity contribution in [3.05, 3.63) is 39.9 Å². The molecule has 2 atom stereocenters. The van der Waals surface area contributed by atoms with Gasteiger partial charge in [0.1, 0.15) is 0 Å². The van der Waals surface area contributed by atoms with Crippen LogP contribution < -0.4 is 0 Å². The zero-order valence-corrected chi connectivity index (χ0v) is 13.9. The number of esters is 1. The highest BCUT2D eigenvalue weighted by atomic mass is 16.6. The molecule has 1 rings (SSSR count). The molecule has 0 aliphatic rings. The molecule has 0 aromatic heterocycles. The molecule has 6 heteroatoms. The molecule has 0 fully saturated rings. The Morgan fingerprint density at radius 1 is 1.44 bits per heavy atom. The lowest BCUT2D eigenvalue weighted by Crippen LogP contribution is -2.28. The highest BCUT2D eigenvalue weighted by Gasteiger charge is 2.32. The monoisotopic (exact) mass is 339 g/mol. The molecule has 25 heavy (non-hydrogen) atoms. The van der Waals surface area contributed by atoms with Crippen molar-refractivity contribution in [3.63, 3.8) is 0 Å². The minimum Gasteiger partial charge on any atom is -0.469 e. The molecular formula is C19H17NO5. The third kappa shape index (κ3) is 6.03. The molecule has 0 aliphatic heterocycles. The van der Waals surface area contributed by atoms with Crippen molar-refractivity contribution in [2.45, 2.75) is 25.9 Å². The standard InChI is InChI=1S/C19H17NO5/c1-4-17(21)11-7-13-19(2,18(22)25-3)12-6-9-15-8-5-10-16(14-15)20(23)24/h1,5,8,10,14,17,21H,12-13H2,2-3H3. The van der Waals surface area contributed by atoms with Crippen LogP contribution in [0.1, 0.15) is 25.3 Å². The maximum Gasteiger partial charge on any atom is 0.313 e. The summed E-state index contributed by atoms with van der Waals surface area (Å²) in [5.74, 6) is 12.3. The van der Waals surface area contributed by atoms with Gasteiger partial charge in [0.05, 0.1) is 17.4 Å². The smallest absolute Gasteiger partial charge is 0.313 e. The second-order valence-corrected chi connectivity index (χ2v) is 5.41. The molecule has 6 nitrogen and oxygen atoms in total. The van der Waals surface area contributed by atoms with Gasteiger partial charge < -0.3 is 9.84 Å². The van der Waals surface area contributed by atoms with Gasteiger partial charge in [-0.25, -0.2) is 0 Å². The fourth-order valence-corrected chi connectivity index (χ4v) is 1.88. The Morgan fingerprint density at radius 3 is 2.72 bits per heavy atom. The normalized spacial score (nSPS) is 12.9. The van der Waals surface area contributed by atoms with Crippen molar-refractivity contribution in [3.8, 4) is 36.0 Å². The third-order valence-corrected chi connectivity index (χ3v) is 3.32. The number of carbonyl (C=O) groups is 1. The summed E-state index contributed by atoms with van der Waals surface area (Å²) in [7, 11) is 1.26. The topological polar surface area (TPSA) is 89.7 Å². The van der Waals surface area contributed by atoms with E-state index in [1.807, 2.05) is 0 Å². The van der Waals surface area contributed by atoms with E-state index < -0.39 is 22.4 Å². The largest absolute Gasteiger partial charge is 0.469 e. The van der Waals surface area contributed by atoms with E-state index in [2.05, 4.69) is 29.6 Å². The lowest BCUT2D eigenvalue weighted by Gasteiger charge is -2.21. The number of benzene rings is 1. The molecule has 0 saturated heterocycles. The van der Waals surface area contributed by atoms with E-state index in [0.717, 1.165) is 0 Å². The van der Waals surface area contributed by atoms with Crippen LogP contribution in [0.5, 0.6) is 0 Å². The summed E-state index contributed by atoms with van der Waals surface area (Å²) in [5.41, 5.74) is -0.601. The summed E-state index contributed by atoms with van der Waals surface area (Å²) in [6, 6.07) is 5.90. The van der Waals surface area contributed by atoms with Crippen molar-refractivity contribution in [1.82, 2.24) is 0 Å². The Hall–Kier alpha value is -3.27. The fourth-order valence-electron chi connectivity index (χ4n) is 1.88. The van der Waals surface area contributed by atoms with Crippen LogP contribution in [-0.4, -0.2) is 29.2 Å². The van der Waals surface area contributed by atoms with Crippen LogP contribution in [0.15, 0.2) is 24.3 Å². The predicted octanol–water partition coefficient (Wildman–Crippen LogP) is 1.90. The molecule has 0 aliphatic carbocycles. The van der Waals surface area contributed by atoms with Crippen molar-refractivity contribution < 1.29 is 19.6 Å². The second kappa shape index (κ2) is 9.13. The highest BCUT2D eigenvalue weighted by Crippen LogP contribution is 2.27. The van der Waals surface area contributed by atoms with Crippen LogP contribution in [0.3, 0.4) is 0 Å². The number of hydrogen-bond donors (Lipinski definition) is 1. The Labute approximate surface area is 146 Å². The Kier molecular flexibility index (Phi) is 7.22. The van der Waals surface area contributed by atoms with Gasteiger partial charge in [0.25, 0.3) is 5.69 Å². The zero-order chi connectivity index (χ0) is 18.9. The Morgan fingerprint density at radius 2 is 2.12 bits per heavy atom. The number of aliphatic hydroxyl groups is 1. The highest BCUT2D eigenvalue weighted by molar-refractivity contribution is 5.77. The molecule has 0 spiro atoms. The number of terminal acetylenes is 1. The summed E-state index contributed by atoms with van der Waals surface area (Å²) < 4.78 is 4.79. The number of aliphatic hydroxyl groups excluding tert-OH is 1. The number of methoxy groups -OCH3 is 1. The minimum atomic E-state index is -1.20. The first-order valence-electron chi connectivity index (χ1n) is 7.27. The van der Waals surface area contributed by atoms with E-state index >= 15 is 0 Å². The lowest BCUT2D eigenvalue weighted by molar-refractivity contribution is -0.384. The van der Waals surface area contributed by atoms with Crippen LogP contribution in [0.2, 0.25) is 0 Å². The van der Waals surface area contributed by atoms with Gasteiger partial charge in [-0.15, -0.1) is 6.42 Å². The van der Waals surface area contributed by atoms with Gasteiger partial charge in [-0.2, -0.15) is 0 Å². The number of nitrogens with zero attached hydrogens (tertiary/aromatic N) is 1. The van der Waals surface area contributed by atoms with Crippen molar-refractivity contribution in [1.29, 1.82) is 0 Å². The van der Waals surface area contributed by atoms with Gasteiger partial charge in [-0.1, -0.05) is 35.7 Å². The zero-order valence-electron chi connectivity index (χ0n) is 13.9. The van der Waals surface area contributed by atoms with Crippen LogP contribution in [0.25, 0.3) is 0 Å². The Bertz CT molecular complexity index is 816. The first-order valence-corrected chi connectivity index (χ1v) is 7.27. The molecule has 0 saturated carbocycles. The van der Waals surface area contributed by atoms with Crippen LogP contribution in [0.4, 0.5) is 5.69 Å². The minimum absolute atomic E-state index is 0.0586. The molecule has 1 aromatic rings. The fraction of sp³-hybridized carbons (Fsp3) is 0.316. The van der Waals surface area contributed by atoms with Crippen LogP contribution >= 0.6 is 0 Å². The lowest BCUT2D eigenvalue weighted by atomic mass is 9.83. The van der Waals surface area contributed by atoms with E-state index in [1.165, 1.54) is 25.3 Å². The van der Waals surface area contributed by atoms with Gasteiger partial charge in [-0.3, -0.25) is 14.9 Å². The summed E-state index contributed by atoms with van der Waals surface area (Å²) in [5, 5.41) is 20.0. The maximum atomic E-state index is 12.0. The quantitative estimate of drug-likeness (QED) is 0.392. The molecule has 0 bridgehead atoms. The molecular weight excluding hydrogens is 322 g/mol. The second-order valence-electron chi connectivity index (χ2n) is 5.41. The van der Waals surface area contributed by atoms with Gasteiger partial charge >= 0.3 is 5.97 Å². The van der Waals surface area contributed by atoms with Crippen molar-refractivity contribution in [2.24, 2.45) is 5.41 Å². The van der Waals surface area contributed by atoms with E-state index in [9.17, 15) is 20.0 Å². The van der Waals surface area contributed by atoms with Gasteiger partial charge in [0, 0.05) is 30.5 Å². The summed E-state index contributed by atoms with van der Waals surface area (Å²) in [6.45, 7) is 1.64. The average Bonchev–Trinajstić information content (AvgIpc) is 2.60. The molecule has 2 unspecified atom stereocenters. The SMILES string of the molecule is C#CC(O)C#CCC(C)(CC#Cc1cccc([N+](=O)[O-])c1)C(=O)OC. The van der Waals surface area contributed by atoms with E-state index in [1.54, 1.807) is 13.0 Å². The number of carbonyl (C=O) groups excluding carboxylic acids is 1. The average molecular weight is 339 g/mol. The number of non-ortho nitro benzene ring substituents is 1. The number of rotatable bonds is 4. The summed E-state index contributed by atoms with van der Waals surface area (Å²) >= 11 is 0. The van der Waals surface area contributed by atoms with Crippen molar-refractivity contribution in [2.75, 3.05) is 7.11 Å². The van der Waals surface area contributed by atoms with E-state index in [4.69, 9.17) is 11.2 Å². The van der Waals surface area contributed by atoms with E-state index in [0.29, 0.717) is 5.56 Å². The number of nitro benzene ring substituents is 1. The first-order chi connectivity index (χ1) is 11.8. The van der Waals surface area contributed by atoms with Gasteiger partial charge in [-0.05, 0) is 13.0 Å². The van der Waals surface area contributed by atoms with E-state index in [-0.39, 0.29) is 18.5 Å². The first kappa shape index (κ1) is 19.8. The maximum absolute atomic E-state index is 12.0. The number of ether oxygens (including phenoxy) is 1. The summed E-state index contributed by atoms with van der Waals surface area (Å²) in [4.78, 5) is 22.3. The number of hydrogen-bond acceptors (Lipinski definition) is 5. The molecule has 0 heterocycles. The predicted molar refractivity (Wildman–Crippen MR) is 91.9 cm³/mol. The molecule has 128 valence electrons. The van der Waals surface area contributed by atoms with Crippen molar-refractivity contribution >= 4 is 11.7 Å². The molecule has 0 radical (unpaired) electrons. The van der Waals surface area contributed by atoms with Gasteiger partial charge in [0.2, 0.25) is 0 Å². The third-order valence-electron chi connectivity index (χ3n) is 3.32. The molecule has 0 amide bonds. The molecule has 1 N–H and O–H groups in total. The number of nitro groups is 1. The van der Waals surface area contributed by atoms with Crippen LogP contribution in [0, 0.1) is 51.6 Å². The molecule has 1 aromatic carbocycles. The Balaban J connectivity index is 2.95. The van der Waals surface area contributed by atoms with Crippen LogP contribution in [-0.2, 0) is 9.53 Å². The van der Waals surface area contributed by atoms with Gasteiger partial charge in [0.15, 0.2) is 6.10 Å². The summed E-state index contributed by atoms with van der Waals surface area (Å²) in [6.07, 6.45) is 4.05.